The zero-order valence-corrected chi connectivity index (χ0v) is 17.8. The Morgan fingerprint density at radius 2 is 1.24 bits per heavy atom. The minimum Gasteiger partial charge on any atom is -0.310 e. The highest BCUT2D eigenvalue weighted by molar-refractivity contribution is 5.77. The van der Waals surface area contributed by atoms with E-state index in [0.717, 1.165) is 25.1 Å². The van der Waals surface area contributed by atoms with Gasteiger partial charge < -0.3 is 9.13 Å². The van der Waals surface area contributed by atoms with Gasteiger partial charge in [-0.3, -0.25) is 4.99 Å². The van der Waals surface area contributed by atoms with Crippen LogP contribution in [0.3, 0.4) is 0 Å². The van der Waals surface area contributed by atoms with E-state index in [-0.39, 0.29) is 0 Å². The second-order valence-corrected chi connectivity index (χ2v) is 7.97. The van der Waals surface area contributed by atoms with Crippen LogP contribution >= 0.6 is 0 Å². The molecule has 4 aromatic rings. The first-order chi connectivity index (χ1) is 14.0. The van der Waals surface area contributed by atoms with E-state index in [1.54, 1.807) is 0 Å². The molecule has 0 saturated carbocycles. The Bertz CT molecular complexity index is 1190. The quantitative estimate of drug-likeness (QED) is 0.453. The summed E-state index contributed by atoms with van der Waals surface area (Å²) < 4.78 is 4.71. The maximum Gasteiger partial charge on any atom is 0.205 e. The fourth-order valence-corrected chi connectivity index (χ4v) is 3.93. The van der Waals surface area contributed by atoms with Crippen LogP contribution in [0.25, 0.3) is 11.0 Å². The van der Waals surface area contributed by atoms with Crippen molar-refractivity contribution in [2.45, 2.75) is 40.3 Å². The van der Waals surface area contributed by atoms with Crippen molar-refractivity contribution in [3.63, 3.8) is 0 Å². The van der Waals surface area contributed by atoms with Gasteiger partial charge in [0.25, 0.3) is 0 Å². The summed E-state index contributed by atoms with van der Waals surface area (Å²) in [5.74, 6) is 0. The molecule has 0 aliphatic rings. The summed E-state index contributed by atoms with van der Waals surface area (Å²) >= 11 is 0. The van der Waals surface area contributed by atoms with Crippen LogP contribution < -0.4 is 5.62 Å². The van der Waals surface area contributed by atoms with Gasteiger partial charge >= 0.3 is 0 Å². The lowest BCUT2D eigenvalue weighted by Crippen LogP contribution is -2.27. The molecule has 0 saturated heterocycles. The Kier molecular flexibility index (Phi) is 5.39. The average Bonchev–Trinajstić information content (AvgIpc) is 3.01. The number of rotatable bonds is 5. The maximum absolute atomic E-state index is 4.70. The van der Waals surface area contributed by atoms with Gasteiger partial charge in [0.1, 0.15) is 0 Å². The van der Waals surface area contributed by atoms with Crippen LogP contribution in [0.2, 0.25) is 0 Å². The van der Waals surface area contributed by atoms with Crippen LogP contribution in [0.4, 0.5) is 0 Å². The molecule has 4 rings (SSSR count). The van der Waals surface area contributed by atoms with E-state index in [2.05, 4.69) is 96.6 Å². The van der Waals surface area contributed by atoms with Crippen molar-refractivity contribution in [1.82, 2.24) is 9.13 Å². The Hall–Kier alpha value is -3.07. The third-order valence-electron chi connectivity index (χ3n) is 5.60. The first-order valence-corrected chi connectivity index (χ1v) is 10.3. The van der Waals surface area contributed by atoms with Crippen LogP contribution in [-0.2, 0) is 19.5 Å². The Balaban J connectivity index is 1.77. The fraction of sp³-hybridized carbons (Fsp3) is 0.269. The first kappa shape index (κ1) is 19.3. The predicted molar refractivity (Wildman–Crippen MR) is 121 cm³/mol. The number of nitrogens with zero attached hydrogens (tertiary/aromatic N) is 3. The molecule has 0 bridgehead atoms. The van der Waals surface area contributed by atoms with E-state index >= 15 is 0 Å². The molecule has 0 aliphatic heterocycles. The Morgan fingerprint density at radius 1 is 0.655 bits per heavy atom. The SMILES string of the molecule is CN=c1n(CCc2ccc(C)cc2)c2ccc(C)cc2n1Cc1ccc(C)cc1. The van der Waals surface area contributed by atoms with E-state index in [1.165, 1.54) is 38.9 Å². The highest BCUT2D eigenvalue weighted by Gasteiger charge is 2.12. The number of hydrogen-bond donors (Lipinski definition) is 0. The van der Waals surface area contributed by atoms with Gasteiger partial charge in [0, 0.05) is 13.6 Å². The molecule has 3 heteroatoms. The molecule has 148 valence electrons. The molecule has 0 unspecified atom stereocenters. The minimum absolute atomic E-state index is 0.824. The van der Waals surface area contributed by atoms with Crippen molar-refractivity contribution in [1.29, 1.82) is 0 Å². The number of hydrogen-bond acceptors (Lipinski definition) is 1. The molecular weight excluding hydrogens is 354 g/mol. The standard InChI is InChI=1S/C26H29N3/c1-19-5-10-22(11-6-19)15-16-28-24-14-9-21(3)17-25(24)29(26(28)27-4)18-23-12-7-20(2)8-13-23/h5-14,17H,15-16,18H2,1-4H3. The van der Waals surface area contributed by atoms with Crippen molar-refractivity contribution < 1.29 is 0 Å². The number of fused-ring (bicyclic) bond motifs is 1. The molecule has 1 aromatic heterocycles. The third kappa shape index (κ3) is 4.04. The van der Waals surface area contributed by atoms with Gasteiger partial charge in [0.15, 0.2) is 0 Å². The zero-order valence-electron chi connectivity index (χ0n) is 17.8. The summed E-state index contributed by atoms with van der Waals surface area (Å²) in [5.41, 5.74) is 10.0. The van der Waals surface area contributed by atoms with Gasteiger partial charge in [-0.15, -0.1) is 0 Å². The molecule has 0 atom stereocenters. The van der Waals surface area contributed by atoms with Crippen LogP contribution in [0.5, 0.6) is 0 Å². The van der Waals surface area contributed by atoms with Crippen molar-refractivity contribution in [2.75, 3.05) is 7.05 Å². The molecule has 0 N–H and O–H groups in total. The molecule has 0 aliphatic carbocycles. The van der Waals surface area contributed by atoms with E-state index in [4.69, 9.17) is 4.99 Å². The third-order valence-corrected chi connectivity index (χ3v) is 5.60. The largest absolute Gasteiger partial charge is 0.310 e. The lowest BCUT2D eigenvalue weighted by Gasteiger charge is -2.07. The number of aryl methyl sites for hydroxylation is 5. The molecular formula is C26H29N3. The lowest BCUT2D eigenvalue weighted by atomic mass is 10.1. The van der Waals surface area contributed by atoms with Crippen LogP contribution in [0.1, 0.15) is 27.8 Å². The van der Waals surface area contributed by atoms with Gasteiger partial charge in [-0.25, -0.2) is 0 Å². The first-order valence-electron chi connectivity index (χ1n) is 10.3. The molecule has 0 fully saturated rings. The van der Waals surface area contributed by atoms with Crippen LogP contribution in [0.15, 0.2) is 71.7 Å². The molecule has 29 heavy (non-hydrogen) atoms. The summed E-state index contributed by atoms with van der Waals surface area (Å²) in [6.45, 7) is 8.15. The molecule has 0 amide bonds. The fourth-order valence-electron chi connectivity index (χ4n) is 3.93. The molecule has 0 radical (unpaired) electrons. The van der Waals surface area contributed by atoms with E-state index in [9.17, 15) is 0 Å². The smallest absolute Gasteiger partial charge is 0.205 e. The molecule has 1 heterocycles. The minimum atomic E-state index is 0.824. The number of aromatic nitrogens is 2. The molecule has 0 spiro atoms. The maximum atomic E-state index is 4.70. The summed E-state index contributed by atoms with van der Waals surface area (Å²) in [6.07, 6.45) is 0.991. The molecule has 3 aromatic carbocycles. The number of imidazole rings is 1. The summed E-state index contributed by atoms with van der Waals surface area (Å²) in [7, 11) is 1.90. The highest BCUT2D eigenvalue weighted by Crippen LogP contribution is 2.18. The van der Waals surface area contributed by atoms with E-state index in [1.807, 2.05) is 7.05 Å². The van der Waals surface area contributed by atoms with E-state index < -0.39 is 0 Å². The summed E-state index contributed by atoms with van der Waals surface area (Å²) in [6, 6.07) is 24.3. The monoisotopic (exact) mass is 383 g/mol. The predicted octanol–water partition coefficient (Wildman–Crippen LogP) is 5.19. The van der Waals surface area contributed by atoms with Gasteiger partial charge in [0.2, 0.25) is 5.62 Å². The Morgan fingerprint density at radius 3 is 1.86 bits per heavy atom. The zero-order chi connectivity index (χ0) is 20.4. The highest BCUT2D eigenvalue weighted by atomic mass is 15.2. The Labute approximate surface area is 173 Å². The van der Waals surface area contributed by atoms with Gasteiger partial charge in [-0.2, -0.15) is 0 Å². The summed E-state index contributed by atoms with van der Waals surface area (Å²) in [5, 5.41) is 0. The van der Waals surface area contributed by atoms with Gasteiger partial charge in [0.05, 0.1) is 17.6 Å². The van der Waals surface area contributed by atoms with Gasteiger partial charge in [-0.05, 0) is 56.0 Å². The normalized spacial score (nSPS) is 12.1. The van der Waals surface area contributed by atoms with Crippen molar-refractivity contribution >= 4 is 11.0 Å². The van der Waals surface area contributed by atoms with Crippen molar-refractivity contribution in [3.8, 4) is 0 Å². The van der Waals surface area contributed by atoms with E-state index in [0.29, 0.717) is 0 Å². The topological polar surface area (TPSA) is 22.2 Å². The van der Waals surface area contributed by atoms with Gasteiger partial charge in [-0.1, -0.05) is 65.7 Å². The number of benzene rings is 3. The van der Waals surface area contributed by atoms with Crippen molar-refractivity contribution in [2.24, 2.45) is 4.99 Å². The van der Waals surface area contributed by atoms with Crippen molar-refractivity contribution in [3.05, 3.63) is 100 Å². The van der Waals surface area contributed by atoms with Crippen LogP contribution in [0, 0.1) is 20.8 Å². The van der Waals surface area contributed by atoms with Crippen LogP contribution in [-0.4, -0.2) is 16.2 Å². The lowest BCUT2D eigenvalue weighted by molar-refractivity contribution is 0.629. The second kappa shape index (κ2) is 8.12. The molecule has 3 nitrogen and oxygen atoms in total. The second-order valence-electron chi connectivity index (χ2n) is 7.97. The average molecular weight is 384 g/mol. The summed E-state index contributed by atoms with van der Waals surface area (Å²) in [4.78, 5) is 4.70.